The predicted molar refractivity (Wildman–Crippen MR) is 119 cm³/mol. The lowest BCUT2D eigenvalue weighted by atomic mass is 9.44. The van der Waals surface area contributed by atoms with Gasteiger partial charge in [-0.3, -0.25) is 4.79 Å². The van der Waals surface area contributed by atoms with E-state index in [1.807, 2.05) is 13.0 Å². The topological polar surface area (TPSA) is 87.0 Å². The normalized spacial score (nSPS) is 49.6. The molecule has 0 spiro atoms. The molecule has 0 aliphatic heterocycles. The fourth-order valence-corrected chi connectivity index (χ4v) is 8.48. The summed E-state index contributed by atoms with van der Waals surface area (Å²) in [5.41, 5.74) is -0.295. The van der Waals surface area contributed by atoms with E-state index in [-0.39, 0.29) is 40.7 Å². The molecule has 3 N–H and O–H groups in total. The minimum Gasteiger partial charge on any atom is -0.466 e. The Morgan fingerprint density at radius 1 is 1.13 bits per heavy atom. The summed E-state index contributed by atoms with van der Waals surface area (Å²) in [5, 5.41) is 33.0. The number of esters is 1. The zero-order chi connectivity index (χ0) is 22.6. The fraction of sp³-hybridized carbons (Fsp3) is 0.885. The molecule has 4 aliphatic rings. The molecule has 3 saturated carbocycles. The zero-order valence-corrected chi connectivity index (χ0v) is 19.7. The van der Waals surface area contributed by atoms with Gasteiger partial charge in [-0.05, 0) is 91.8 Å². The Hall–Kier alpha value is -0.910. The van der Waals surface area contributed by atoms with Crippen molar-refractivity contribution in [2.24, 2.45) is 46.3 Å². The largest absolute Gasteiger partial charge is 0.466 e. The molecule has 0 aromatic heterocycles. The summed E-state index contributed by atoms with van der Waals surface area (Å²) in [6.45, 7) is 9.01. The summed E-state index contributed by atoms with van der Waals surface area (Å²) in [5.74, 6) is 1.55. The van der Waals surface area contributed by atoms with E-state index in [0.29, 0.717) is 43.6 Å². The van der Waals surface area contributed by atoms with Crippen LogP contribution in [0.2, 0.25) is 0 Å². The van der Waals surface area contributed by atoms with E-state index in [0.717, 1.165) is 25.7 Å². The van der Waals surface area contributed by atoms with Gasteiger partial charge in [0.15, 0.2) is 0 Å². The smallest absolute Gasteiger partial charge is 0.305 e. The highest BCUT2D eigenvalue weighted by molar-refractivity contribution is 5.69. The number of carbonyl (C=O) groups excluding carboxylic acids is 1. The van der Waals surface area contributed by atoms with Crippen molar-refractivity contribution in [2.45, 2.75) is 91.0 Å². The second-order valence-corrected chi connectivity index (χ2v) is 11.4. The van der Waals surface area contributed by atoms with E-state index in [1.54, 1.807) is 0 Å². The Bertz CT molecular complexity index is 706. The van der Waals surface area contributed by atoms with Crippen molar-refractivity contribution in [3.8, 4) is 0 Å². The van der Waals surface area contributed by atoms with Crippen LogP contribution >= 0.6 is 0 Å². The number of ether oxygens (including phenoxy) is 1. The standard InChI is InChI=1S/C26H42O5/c1-5-31-23(30)9-6-15(2)18-7-8-19-24-20(14-22(29)26(18,19)4)25(3)11-10-17(27)12-16(25)13-21(24)28/h10-11,15-22,24,27-29H,5-9,12-14H2,1-4H3. The molecular weight excluding hydrogens is 392 g/mol. The van der Waals surface area contributed by atoms with Gasteiger partial charge in [0.1, 0.15) is 0 Å². The molecule has 4 aliphatic carbocycles. The number of rotatable bonds is 5. The van der Waals surface area contributed by atoms with E-state index in [9.17, 15) is 20.1 Å². The summed E-state index contributed by atoms with van der Waals surface area (Å²) >= 11 is 0. The van der Waals surface area contributed by atoms with Gasteiger partial charge in [-0.2, -0.15) is 0 Å². The van der Waals surface area contributed by atoms with Crippen molar-refractivity contribution in [1.82, 2.24) is 0 Å². The molecule has 4 rings (SSSR count). The van der Waals surface area contributed by atoms with Crippen molar-refractivity contribution in [3.63, 3.8) is 0 Å². The van der Waals surface area contributed by atoms with Crippen LogP contribution in [0.1, 0.15) is 72.6 Å². The number of aliphatic hydroxyl groups is 3. The monoisotopic (exact) mass is 434 g/mol. The Morgan fingerprint density at radius 2 is 1.87 bits per heavy atom. The van der Waals surface area contributed by atoms with Crippen LogP contribution in [-0.4, -0.2) is 46.2 Å². The maximum Gasteiger partial charge on any atom is 0.305 e. The van der Waals surface area contributed by atoms with Crippen LogP contribution < -0.4 is 0 Å². The minimum absolute atomic E-state index is 0.0704. The first kappa shape index (κ1) is 23.3. The summed E-state index contributed by atoms with van der Waals surface area (Å²) in [6.07, 6.45) is 8.40. The summed E-state index contributed by atoms with van der Waals surface area (Å²) in [4.78, 5) is 11.9. The number of allylic oxidation sites excluding steroid dienone is 1. The number of hydrogen-bond donors (Lipinski definition) is 3. The minimum atomic E-state index is -0.420. The molecule has 0 aromatic carbocycles. The average Bonchev–Trinajstić information content (AvgIpc) is 3.07. The molecule has 0 heterocycles. The van der Waals surface area contributed by atoms with E-state index in [1.165, 1.54) is 0 Å². The average molecular weight is 435 g/mol. The second kappa shape index (κ2) is 8.46. The Morgan fingerprint density at radius 3 is 2.58 bits per heavy atom. The molecule has 0 amide bonds. The van der Waals surface area contributed by atoms with E-state index in [2.05, 4.69) is 26.8 Å². The quantitative estimate of drug-likeness (QED) is 0.454. The molecular formula is C26H42O5. The highest BCUT2D eigenvalue weighted by atomic mass is 16.5. The number of fused-ring (bicyclic) bond motifs is 5. The van der Waals surface area contributed by atoms with Crippen molar-refractivity contribution < 1.29 is 24.9 Å². The SMILES string of the molecule is CCOC(=O)CCC(C)C1CCC2C3C(O)CC4CC(O)C=CC4(C)C3CC(O)C12C. The fourth-order valence-electron chi connectivity index (χ4n) is 8.48. The van der Waals surface area contributed by atoms with Crippen molar-refractivity contribution in [2.75, 3.05) is 6.61 Å². The molecule has 31 heavy (non-hydrogen) atoms. The third-order valence-corrected chi connectivity index (χ3v) is 10.2. The Labute approximate surface area is 187 Å². The van der Waals surface area contributed by atoms with Gasteiger partial charge in [-0.15, -0.1) is 0 Å². The third-order valence-electron chi connectivity index (χ3n) is 10.2. The Balaban J connectivity index is 1.56. The number of hydrogen-bond acceptors (Lipinski definition) is 5. The third kappa shape index (κ3) is 3.69. The van der Waals surface area contributed by atoms with Crippen molar-refractivity contribution in [1.29, 1.82) is 0 Å². The maximum atomic E-state index is 11.9. The van der Waals surface area contributed by atoms with Gasteiger partial charge in [0.2, 0.25) is 0 Å². The van der Waals surface area contributed by atoms with Gasteiger partial charge in [0, 0.05) is 6.42 Å². The maximum absolute atomic E-state index is 11.9. The molecule has 0 aromatic rings. The number of aliphatic hydroxyl groups excluding tert-OH is 3. The van der Waals surface area contributed by atoms with Crippen molar-refractivity contribution >= 4 is 5.97 Å². The molecule has 0 bridgehead atoms. The van der Waals surface area contributed by atoms with Gasteiger partial charge >= 0.3 is 5.97 Å². The van der Waals surface area contributed by atoms with Crippen LogP contribution in [0.25, 0.3) is 0 Å². The van der Waals surface area contributed by atoms with E-state index in [4.69, 9.17) is 4.74 Å². The van der Waals surface area contributed by atoms with Crippen LogP contribution in [0.3, 0.4) is 0 Å². The summed E-state index contributed by atoms with van der Waals surface area (Å²) in [6, 6.07) is 0. The molecule has 176 valence electrons. The summed E-state index contributed by atoms with van der Waals surface area (Å²) in [7, 11) is 0. The van der Waals surface area contributed by atoms with Crippen molar-refractivity contribution in [3.05, 3.63) is 12.2 Å². The molecule has 3 fully saturated rings. The Kier molecular flexibility index (Phi) is 6.35. The molecule has 5 nitrogen and oxygen atoms in total. The molecule has 0 radical (unpaired) electrons. The van der Waals surface area contributed by atoms with E-state index >= 15 is 0 Å². The molecule has 11 atom stereocenters. The van der Waals surface area contributed by atoms with Crippen LogP contribution in [0.5, 0.6) is 0 Å². The highest BCUT2D eigenvalue weighted by Gasteiger charge is 2.65. The lowest BCUT2D eigenvalue weighted by Crippen LogP contribution is -2.61. The van der Waals surface area contributed by atoms with E-state index < -0.39 is 12.2 Å². The van der Waals surface area contributed by atoms with Gasteiger partial charge < -0.3 is 20.1 Å². The van der Waals surface area contributed by atoms with Gasteiger partial charge in [-0.1, -0.05) is 32.9 Å². The van der Waals surface area contributed by atoms with Gasteiger partial charge in [-0.25, -0.2) is 0 Å². The molecule has 0 saturated heterocycles. The first-order chi connectivity index (χ1) is 14.6. The summed E-state index contributed by atoms with van der Waals surface area (Å²) < 4.78 is 5.12. The first-order valence-corrected chi connectivity index (χ1v) is 12.5. The zero-order valence-electron chi connectivity index (χ0n) is 19.7. The van der Waals surface area contributed by atoms with Gasteiger partial charge in [0.05, 0.1) is 24.9 Å². The van der Waals surface area contributed by atoms with Crippen LogP contribution in [0.15, 0.2) is 12.2 Å². The lowest BCUT2D eigenvalue weighted by Gasteiger charge is -2.62. The van der Waals surface area contributed by atoms with Crippen LogP contribution in [0.4, 0.5) is 0 Å². The first-order valence-electron chi connectivity index (χ1n) is 12.5. The predicted octanol–water partition coefficient (Wildman–Crippen LogP) is 3.70. The molecule has 5 heteroatoms. The second-order valence-electron chi connectivity index (χ2n) is 11.4. The number of carbonyl (C=O) groups is 1. The van der Waals surface area contributed by atoms with Crippen LogP contribution in [0, 0.1) is 46.3 Å². The highest BCUT2D eigenvalue weighted by Crippen LogP contribution is 2.67. The van der Waals surface area contributed by atoms with Crippen LogP contribution in [-0.2, 0) is 9.53 Å². The lowest BCUT2D eigenvalue weighted by molar-refractivity contribution is -0.188. The van der Waals surface area contributed by atoms with Gasteiger partial charge in [0.25, 0.3) is 0 Å². The molecule has 11 unspecified atom stereocenters.